The van der Waals surface area contributed by atoms with E-state index in [-0.39, 0.29) is 5.76 Å². The van der Waals surface area contributed by atoms with Gasteiger partial charge in [0.1, 0.15) is 0 Å². The minimum atomic E-state index is -0.427. The second kappa shape index (κ2) is 7.11. The van der Waals surface area contributed by atoms with Crippen LogP contribution in [0.1, 0.15) is 28.7 Å². The summed E-state index contributed by atoms with van der Waals surface area (Å²) in [6.07, 6.45) is 0. The Balaban J connectivity index is 2.06. The number of thiazole rings is 1. The van der Waals surface area contributed by atoms with Gasteiger partial charge in [0.25, 0.3) is 0 Å². The first kappa shape index (κ1) is 16.6. The second-order valence-corrected chi connectivity index (χ2v) is 6.46. The van der Waals surface area contributed by atoms with Crippen molar-refractivity contribution in [2.45, 2.75) is 27.3 Å². The Hall–Kier alpha value is -2.25. The number of hydrogen-bond acceptors (Lipinski definition) is 5. The van der Waals surface area contributed by atoms with Crippen LogP contribution in [0.5, 0.6) is 0 Å². The van der Waals surface area contributed by atoms with Crippen molar-refractivity contribution in [3.05, 3.63) is 46.1 Å². The number of amides is 1. The average molecular weight is 345 g/mol. The van der Waals surface area contributed by atoms with E-state index in [9.17, 15) is 4.79 Å². The molecule has 0 aliphatic rings. The van der Waals surface area contributed by atoms with Crippen LogP contribution in [0.3, 0.4) is 0 Å². The summed E-state index contributed by atoms with van der Waals surface area (Å²) in [6.45, 7) is 7.64. The molecular weight excluding hydrogens is 326 g/mol. The zero-order valence-corrected chi connectivity index (χ0v) is 14.7. The summed E-state index contributed by atoms with van der Waals surface area (Å²) in [6, 6.07) is 7.79. The quantitative estimate of drug-likeness (QED) is 0.666. The normalized spacial score (nSPS) is 12.2. The molecule has 0 fully saturated rings. The predicted molar refractivity (Wildman–Crippen MR) is 92.2 cm³/mol. The molecule has 0 saturated carbocycles. The smallest absolute Gasteiger partial charge is 0.318 e. The van der Waals surface area contributed by atoms with Crippen LogP contribution in [0.4, 0.5) is 0 Å². The molecule has 6 nitrogen and oxygen atoms in total. The van der Waals surface area contributed by atoms with Crippen molar-refractivity contribution in [3.63, 3.8) is 0 Å². The lowest BCUT2D eigenvalue weighted by Gasteiger charge is -2.05. The van der Waals surface area contributed by atoms with E-state index in [2.05, 4.69) is 28.3 Å². The van der Waals surface area contributed by atoms with Crippen molar-refractivity contribution in [1.29, 1.82) is 0 Å². The molecule has 3 rings (SSSR count). The third-order valence-corrected chi connectivity index (χ3v) is 4.58. The first-order valence-corrected chi connectivity index (χ1v) is 8.60. The number of aromatic nitrogens is 2. The first-order chi connectivity index (χ1) is 11.6. The van der Waals surface area contributed by atoms with E-state index in [1.807, 2.05) is 18.4 Å². The second-order valence-electron chi connectivity index (χ2n) is 5.45. The van der Waals surface area contributed by atoms with Gasteiger partial charge in [0.2, 0.25) is 5.76 Å². The molecule has 0 spiro atoms. The Morgan fingerprint density at radius 3 is 2.92 bits per heavy atom. The van der Waals surface area contributed by atoms with Crippen molar-refractivity contribution in [3.8, 4) is 0 Å². The minimum absolute atomic E-state index is 0.150. The van der Waals surface area contributed by atoms with Crippen molar-refractivity contribution < 1.29 is 14.1 Å². The maximum atomic E-state index is 12.3. The van der Waals surface area contributed by atoms with Crippen LogP contribution in [0.15, 0.2) is 33.8 Å². The summed E-state index contributed by atoms with van der Waals surface area (Å²) in [5.74, 6) is -0.276. The topological polar surface area (TPSA) is 69.6 Å². The lowest BCUT2D eigenvalue weighted by Crippen LogP contribution is -2.19. The molecule has 0 radical (unpaired) electrons. The fourth-order valence-electron chi connectivity index (χ4n) is 2.39. The van der Waals surface area contributed by atoms with Gasteiger partial charge < -0.3 is 13.8 Å². The van der Waals surface area contributed by atoms with Crippen LogP contribution in [0, 0.1) is 13.8 Å². The first-order valence-electron chi connectivity index (χ1n) is 7.78. The number of hydrogen-bond donors (Lipinski definition) is 0. The Morgan fingerprint density at radius 2 is 2.21 bits per heavy atom. The number of nitrogens with zero attached hydrogens (tertiary/aromatic N) is 3. The molecule has 0 saturated heterocycles. The van der Waals surface area contributed by atoms with Crippen LogP contribution in [-0.2, 0) is 11.3 Å². The van der Waals surface area contributed by atoms with Crippen LogP contribution in [0.25, 0.3) is 10.2 Å². The molecule has 0 aliphatic carbocycles. The SMILES string of the molecule is CCOCCn1c(=NC(=O)c2cc(C)no2)sc2cc(C)ccc21. The molecule has 0 N–H and O–H groups in total. The lowest BCUT2D eigenvalue weighted by molar-refractivity contribution is 0.0961. The van der Waals surface area contributed by atoms with Gasteiger partial charge in [0.05, 0.1) is 22.5 Å². The van der Waals surface area contributed by atoms with Gasteiger partial charge in [-0.15, -0.1) is 0 Å². The molecule has 24 heavy (non-hydrogen) atoms. The summed E-state index contributed by atoms with van der Waals surface area (Å²) in [4.78, 5) is 17.2. The highest BCUT2D eigenvalue weighted by Crippen LogP contribution is 2.19. The van der Waals surface area contributed by atoms with Crippen molar-refractivity contribution in [2.24, 2.45) is 4.99 Å². The number of fused-ring (bicyclic) bond motifs is 1. The maximum absolute atomic E-state index is 12.3. The number of rotatable bonds is 5. The third-order valence-electron chi connectivity index (χ3n) is 3.54. The number of ether oxygens (including phenoxy) is 1. The van der Waals surface area contributed by atoms with E-state index in [0.29, 0.717) is 30.3 Å². The van der Waals surface area contributed by atoms with Crippen molar-refractivity contribution >= 4 is 27.5 Å². The van der Waals surface area contributed by atoms with Gasteiger partial charge in [-0.05, 0) is 38.5 Å². The van der Waals surface area contributed by atoms with Crippen LogP contribution < -0.4 is 4.80 Å². The molecule has 0 bridgehead atoms. The molecule has 0 unspecified atom stereocenters. The van der Waals surface area contributed by atoms with Gasteiger partial charge in [-0.1, -0.05) is 22.6 Å². The molecule has 2 aromatic heterocycles. The summed E-state index contributed by atoms with van der Waals surface area (Å²) in [5.41, 5.74) is 2.87. The highest BCUT2D eigenvalue weighted by molar-refractivity contribution is 7.16. The Kier molecular flexibility index (Phi) is 4.92. The molecule has 3 aromatic rings. The van der Waals surface area contributed by atoms with E-state index >= 15 is 0 Å². The monoisotopic (exact) mass is 345 g/mol. The molecule has 0 atom stereocenters. The molecule has 0 aliphatic heterocycles. The fraction of sp³-hybridized carbons (Fsp3) is 0.353. The average Bonchev–Trinajstić information content (AvgIpc) is 3.11. The van der Waals surface area contributed by atoms with Gasteiger partial charge >= 0.3 is 5.91 Å². The molecule has 126 valence electrons. The lowest BCUT2D eigenvalue weighted by atomic mass is 10.2. The fourth-order valence-corrected chi connectivity index (χ4v) is 3.54. The van der Waals surface area contributed by atoms with E-state index < -0.39 is 5.91 Å². The number of carbonyl (C=O) groups excluding carboxylic acids is 1. The van der Waals surface area contributed by atoms with Gasteiger partial charge in [-0.2, -0.15) is 4.99 Å². The molecule has 7 heteroatoms. The van der Waals surface area contributed by atoms with E-state index in [0.717, 1.165) is 10.2 Å². The zero-order chi connectivity index (χ0) is 17.1. The largest absolute Gasteiger partial charge is 0.380 e. The minimum Gasteiger partial charge on any atom is -0.380 e. The van der Waals surface area contributed by atoms with Gasteiger partial charge in [0.15, 0.2) is 4.80 Å². The maximum Gasteiger partial charge on any atom is 0.318 e. The predicted octanol–water partition coefficient (Wildman–Crippen LogP) is 3.09. The Morgan fingerprint density at radius 1 is 1.38 bits per heavy atom. The van der Waals surface area contributed by atoms with E-state index in [1.165, 1.54) is 16.9 Å². The number of carbonyl (C=O) groups is 1. The van der Waals surface area contributed by atoms with Gasteiger partial charge in [-0.25, -0.2) is 0 Å². The van der Waals surface area contributed by atoms with Gasteiger partial charge in [0, 0.05) is 19.2 Å². The Bertz CT molecular complexity index is 936. The molecular formula is C17H19N3O3S. The summed E-state index contributed by atoms with van der Waals surface area (Å²) < 4.78 is 13.6. The zero-order valence-electron chi connectivity index (χ0n) is 13.9. The molecule has 1 aromatic carbocycles. The number of benzene rings is 1. The van der Waals surface area contributed by atoms with Crippen molar-refractivity contribution in [1.82, 2.24) is 9.72 Å². The van der Waals surface area contributed by atoms with Crippen LogP contribution in [-0.4, -0.2) is 28.8 Å². The van der Waals surface area contributed by atoms with Crippen molar-refractivity contribution in [2.75, 3.05) is 13.2 Å². The van der Waals surface area contributed by atoms with Crippen LogP contribution in [0.2, 0.25) is 0 Å². The summed E-state index contributed by atoms with van der Waals surface area (Å²) in [7, 11) is 0. The highest BCUT2D eigenvalue weighted by atomic mass is 32.1. The highest BCUT2D eigenvalue weighted by Gasteiger charge is 2.13. The van der Waals surface area contributed by atoms with E-state index in [4.69, 9.17) is 9.26 Å². The third kappa shape index (κ3) is 3.47. The van der Waals surface area contributed by atoms with Gasteiger partial charge in [-0.3, -0.25) is 4.79 Å². The summed E-state index contributed by atoms with van der Waals surface area (Å²) >= 11 is 1.48. The molecule has 2 heterocycles. The van der Waals surface area contributed by atoms with E-state index in [1.54, 1.807) is 13.0 Å². The Labute approximate surface area is 143 Å². The summed E-state index contributed by atoms with van der Waals surface area (Å²) in [5, 5.41) is 3.74. The van der Waals surface area contributed by atoms with Crippen LogP contribution >= 0.6 is 11.3 Å². The molecule has 1 amide bonds. The standard InChI is InChI=1S/C17H19N3O3S/c1-4-22-8-7-20-13-6-5-11(2)9-15(13)24-17(20)18-16(21)14-10-12(3)19-23-14/h5-6,9-10H,4,7-8H2,1-3H3. The number of aryl methyl sites for hydroxylation is 2.